The van der Waals surface area contributed by atoms with Crippen LogP contribution in [0.4, 0.5) is 8.78 Å². The highest BCUT2D eigenvalue weighted by atomic mass is 19.1. The first-order valence-corrected chi connectivity index (χ1v) is 11.2. The van der Waals surface area contributed by atoms with E-state index in [0.717, 1.165) is 5.56 Å². The second-order valence-electron chi connectivity index (χ2n) is 9.03. The Morgan fingerprint density at radius 1 is 1.09 bits per heavy atom. The summed E-state index contributed by atoms with van der Waals surface area (Å²) in [6, 6.07) is 11.0. The molecule has 34 heavy (non-hydrogen) atoms. The van der Waals surface area contributed by atoms with Crippen molar-refractivity contribution in [3.8, 4) is 5.69 Å². The molecule has 2 aromatic heterocycles. The zero-order valence-corrected chi connectivity index (χ0v) is 18.8. The third-order valence-corrected chi connectivity index (χ3v) is 6.52. The normalized spacial score (nSPS) is 16.2. The Morgan fingerprint density at radius 2 is 1.82 bits per heavy atom. The first-order valence-electron chi connectivity index (χ1n) is 11.2. The van der Waals surface area contributed by atoms with Crippen LogP contribution in [-0.2, 0) is 13.1 Å². The summed E-state index contributed by atoms with van der Waals surface area (Å²) < 4.78 is 30.0. The fraction of sp³-hybridized carbons (Fsp3) is 0.320. The zero-order chi connectivity index (χ0) is 23.9. The molecule has 0 atom stereocenters. The highest BCUT2D eigenvalue weighted by Crippen LogP contribution is 2.25. The molecule has 9 heteroatoms. The van der Waals surface area contributed by atoms with E-state index in [4.69, 9.17) is 0 Å². The number of halogens is 2. The fourth-order valence-electron chi connectivity index (χ4n) is 4.43. The number of aryl methyl sites for hydroxylation is 1. The maximum absolute atomic E-state index is 13.8. The van der Waals surface area contributed by atoms with E-state index in [0.29, 0.717) is 54.8 Å². The minimum atomic E-state index is -1.04. The molecule has 1 fully saturated rings. The number of aliphatic hydroxyl groups is 1. The van der Waals surface area contributed by atoms with Gasteiger partial charge < -0.3 is 5.11 Å². The molecule has 1 aliphatic rings. The van der Waals surface area contributed by atoms with Crippen molar-refractivity contribution in [1.29, 1.82) is 0 Å². The van der Waals surface area contributed by atoms with E-state index in [1.54, 1.807) is 31.2 Å². The molecule has 7 nitrogen and oxygen atoms in total. The van der Waals surface area contributed by atoms with Gasteiger partial charge in [0.1, 0.15) is 23.3 Å². The molecule has 0 bridgehead atoms. The van der Waals surface area contributed by atoms with Crippen molar-refractivity contribution in [2.45, 2.75) is 38.5 Å². The van der Waals surface area contributed by atoms with Gasteiger partial charge in [-0.3, -0.25) is 14.3 Å². The number of rotatable bonds is 5. The number of hydrogen-bond donors (Lipinski definition) is 1. The van der Waals surface area contributed by atoms with Crippen LogP contribution < -0.4 is 5.56 Å². The number of likely N-dealkylation sites (tertiary alicyclic amines) is 1. The van der Waals surface area contributed by atoms with Crippen molar-refractivity contribution in [3.63, 3.8) is 0 Å². The lowest BCUT2D eigenvalue weighted by Crippen LogP contribution is -2.47. The van der Waals surface area contributed by atoms with Crippen LogP contribution in [0.3, 0.4) is 0 Å². The van der Waals surface area contributed by atoms with Crippen LogP contribution in [0.15, 0.2) is 59.8 Å². The summed E-state index contributed by atoms with van der Waals surface area (Å²) in [5.41, 5.74) is 1.17. The van der Waals surface area contributed by atoms with Crippen LogP contribution in [0.25, 0.3) is 16.7 Å². The fourth-order valence-corrected chi connectivity index (χ4v) is 4.43. The Kier molecular flexibility index (Phi) is 5.75. The van der Waals surface area contributed by atoms with E-state index in [1.165, 1.54) is 33.9 Å². The van der Waals surface area contributed by atoms with Crippen LogP contribution >= 0.6 is 0 Å². The Hall–Kier alpha value is -3.43. The maximum atomic E-state index is 13.8. The Balaban J connectivity index is 1.29. The average Bonchev–Trinajstić information content (AvgIpc) is 3.25. The van der Waals surface area contributed by atoms with Gasteiger partial charge >= 0.3 is 0 Å². The van der Waals surface area contributed by atoms with Gasteiger partial charge in [-0.15, -0.1) is 0 Å². The summed E-state index contributed by atoms with van der Waals surface area (Å²) in [6.45, 7) is 3.76. The van der Waals surface area contributed by atoms with Crippen molar-refractivity contribution < 1.29 is 13.9 Å². The molecule has 176 valence electrons. The number of piperidine rings is 1. The largest absolute Gasteiger partial charge is 0.388 e. The van der Waals surface area contributed by atoms with Crippen molar-refractivity contribution in [2.75, 3.05) is 13.1 Å². The molecule has 0 saturated carbocycles. The van der Waals surface area contributed by atoms with Gasteiger partial charge in [-0.2, -0.15) is 5.10 Å². The van der Waals surface area contributed by atoms with Crippen LogP contribution in [0.2, 0.25) is 0 Å². The Morgan fingerprint density at radius 3 is 2.53 bits per heavy atom. The van der Waals surface area contributed by atoms with Crippen LogP contribution in [0.1, 0.15) is 24.0 Å². The monoisotopic (exact) mass is 465 g/mol. The molecule has 0 aliphatic carbocycles. The zero-order valence-electron chi connectivity index (χ0n) is 18.8. The van der Waals surface area contributed by atoms with Gasteiger partial charge in [-0.1, -0.05) is 12.1 Å². The number of aromatic nitrogens is 4. The van der Waals surface area contributed by atoms with Gasteiger partial charge in [-0.25, -0.2) is 18.4 Å². The first kappa shape index (κ1) is 22.4. The third kappa shape index (κ3) is 4.36. The molecule has 3 heterocycles. The molecule has 4 aromatic rings. The van der Waals surface area contributed by atoms with Gasteiger partial charge in [-0.05, 0) is 61.2 Å². The molecule has 1 saturated heterocycles. The smallest absolute Gasteiger partial charge is 0.264 e. The summed E-state index contributed by atoms with van der Waals surface area (Å²) >= 11 is 0. The SMILES string of the molecule is Cc1ccc(CN2CCC(O)(Cn3cnc4c(cnn4-c4ccc(F)cc4)c3=O)CC2)cc1F. The summed E-state index contributed by atoms with van der Waals surface area (Å²) in [5, 5.41) is 15.7. The van der Waals surface area contributed by atoms with Crippen molar-refractivity contribution >= 4 is 11.0 Å². The lowest BCUT2D eigenvalue weighted by molar-refractivity contribution is -0.0365. The molecule has 0 amide bonds. The molecule has 0 unspecified atom stereocenters. The number of fused-ring (bicyclic) bond motifs is 1. The number of nitrogens with zero attached hydrogens (tertiary/aromatic N) is 5. The predicted molar refractivity (Wildman–Crippen MR) is 124 cm³/mol. The summed E-state index contributed by atoms with van der Waals surface area (Å²) in [4.78, 5) is 19.6. The van der Waals surface area contributed by atoms with Crippen molar-refractivity contribution in [2.24, 2.45) is 0 Å². The molecule has 2 aromatic carbocycles. The molecule has 5 rings (SSSR count). The Bertz CT molecular complexity index is 1390. The molecular formula is C25H25F2N5O2. The van der Waals surface area contributed by atoms with E-state index in [1.807, 2.05) is 6.07 Å². The van der Waals surface area contributed by atoms with E-state index in [-0.39, 0.29) is 23.7 Å². The van der Waals surface area contributed by atoms with Crippen LogP contribution in [0, 0.1) is 18.6 Å². The molecular weight excluding hydrogens is 440 g/mol. The van der Waals surface area contributed by atoms with Gasteiger partial charge in [0.25, 0.3) is 5.56 Å². The molecule has 0 spiro atoms. The molecule has 1 aliphatic heterocycles. The second-order valence-corrected chi connectivity index (χ2v) is 9.03. The molecule has 1 N–H and O–H groups in total. The van der Waals surface area contributed by atoms with Crippen LogP contribution in [0.5, 0.6) is 0 Å². The van der Waals surface area contributed by atoms with Crippen molar-refractivity contribution in [1.82, 2.24) is 24.2 Å². The quantitative estimate of drug-likeness (QED) is 0.490. The summed E-state index contributed by atoms with van der Waals surface area (Å²) in [7, 11) is 0. The average molecular weight is 466 g/mol. The minimum absolute atomic E-state index is 0.128. The van der Waals surface area contributed by atoms with Gasteiger partial charge in [0.05, 0.1) is 24.0 Å². The van der Waals surface area contributed by atoms with E-state index < -0.39 is 5.60 Å². The summed E-state index contributed by atoms with van der Waals surface area (Å²) in [5.74, 6) is -0.572. The lowest BCUT2D eigenvalue weighted by Gasteiger charge is -2.38. The van der Waals surface area contributed by atoms with Gasteiger partial charge in [0.15, 0.2) is 5.65 Å². The number of hydrogen-bond acceptors (Lipinski definition) is 5. The topological polar surface area (TPSA) is 76.2 Å². The third-order valence-electron chi connectivity index (χ3n) is 6.52. The number of benzene rings is 2. The second kappa shape index (κ2) is 8.73. The molecule has 0 radical (unpaired) electrons. The lowest BCUT2D eigenvalue weighted by atomic mass is 9.91. The van der Waals surface area contributed by atoms with Crippen molar-refractivity contribution in [3.05, 3.63) is 88.1 Å². The van der Waals surface area contributed by atoms with E-state index >= 15 is 0 Å². The highest BCUT2D eigenvalue weighted by Gasteiger charge is 2.33. The first-order chi connectivity index (χ1) is 16.3. The summed E-state index contributed by atoms with van der Waals surface area (Å²) in [6.07, 6.45) is 3.84. The van der Waals surface area contributed by atoms with Crippen LogP contribution in [-0.4, -0.2) is 48.0 Å². The minimum Gasteiger partial charge on any atom is -0.388 e. The standard InChI is InChI=1S/C25H25F2N5O2/c1-17-2-3-18(12-22(17)27)14-30-10-8-25(34,9-11-30)15-31-16-28-23-21(24(31)33)13-29-32(23)20-6-4-19(26)5-7-20/h2-7,12-13,16,34H,8-11,14-15H2,1H3. The van der Waals surface area contributed by atoms with E-state index in [2.05, 4.69) is 15.0 Å². The highest BCUT2D eigenvalue weighted by molar-refractivity contribution is 5.74. The van der Waals surface area contributed by atoms with E-state index in [9.17, 15) is 18.7 Å². The maximum Gasteiger partial charge on any atom is 0.264 e. The Labute approximate surface area is 194 Å². The van der Waals surface area contributed by atoms with Gasteiger partial charge in [0.2, 0.25) is 0 Å². The van der Waals surface area contributed by atoms with Gasteiger partial charge in [0, 0.05) is 19.6 Å². The predicted octanol–water partition coefficient (Wildman–Crippen LogP) is 3.20.